The minimum Gasteiger partial charge on any atom is -0.444 e. The Hall–Kier alpha value is -0.860. The first-order valence-electron chi connectivity index (χ1n) is 7.56. The smallest absolute Gasteiger partial charge is 0.410 e. The van der Waals surface area contributed by atoms with Gasteiger partial charge in [0.05, 0.1) is 11.9 Å². The van der Waals surface area contributed by atoms with Gasteiger partial charge in [-0.05, 0) is 33.6 Å². The zero-order valence-electron chi connectivity index (χ0n) is 13.7. The minimum atomic E-state index is -3.28. The Morgan fingerprint density at radius 1 is 1.23 bits per heavy atom. The Balaban J connectivity index is 2.07. The number of hydrogen-bond donors (Lipinski definition) is 1. The molecule has 1 amide bonds. The Morgan fingerprint density at radius 3 is 2.36 bits per heavy atom. The molecule has 128 valence electrons. The van der Waals surface area contributed by atoms with E-state index in [0.717, 1.165) is 0 Å². The Morgan fingerprint density at radius 2 is 1.82 bits per heavy atom. The van der Waals surface area contributed by atoms with Crippen molar-refractivity contribution in [1.29, 1.82) is 0 Å². The molecule has 0 radical (unpaired) electrons. The van der Waals surface area contributed by atoms with Crippen LogP contribution in [0.25, 0.3) is 0 Å². The van der Waals surface area contributed by atoms with Gasteiger partial charge < -0.3 is 14.7 Å². The number of hydrogen-bond acceptors (Lipinski definition) is 5. The summed E-state index contributed by atoms with van der Waals surface area (Å²) in [6.07, 6.45) is 1.62. The second kappa shape index (κ2) is 5.65. The molecule has 7 nitrogen and oxygen atoms in total. The molecule has 0 saturated carbocycles. The highest BCUT2D eigenvalue weighted by Gasteiger charge is 2.47. The number of carbonyl (C=O) groups is 1. The van der Waals surface area contributed by atoms with Crippen LogP contribution >= 0.6 is 0 Å². The number of aliphatic hydroxyl groups is 1. The van der Waals surface area contributed by atoms with E-state index >= 15 is 0 Å². The van der Waals surface area contributed by atoms with Gasteiger partial charge in [0.25, 0.3) is 0 Å². The maximum absolute atomic E-state index is 12.2. The molecule has 22 heavy (non-hydrogen) atoms. The quantitative estimate of drug-likeness (QED) is 0.760. The number of likely N-dealkylation sites (tertiary alicyclic amines) is 1. The van der Waals surface area contributed by atoms with Crippen LogP contribution in [-0.4, -0.2) is 72.5 Å². The predicted molar refractivity (Wildman–Crippen MR) is 81.9 cm³/mol. The van der Waals surface area contributed by atoms with Crippen LogP contribution in [0.4, 0.5) is 4.79 Å². The van der Waals surface area contributed by atoms with Gasteiger partial charge in [-0.1, -0.05) is 0 Å². The summed E-state index contributed by atoms with van der Waals surface area (Å²) < 4.78 is 30.2. The number of ether oxygens (including phenoxy) is 1. The molecule has 0 aliphatic carbocycles. The van der Waals surface area contributed by atoms with Crippen molar-refractivity contribution in [3.8, 4) is 0 Å². The summed E-state index contributed by atoms with van der Waals surface area (Å²) >= 11 is 0. The molecule has 0 aromatic heterocycles. The summed E-state index contributed by atoms with van der Waals surface area (Å²) in [5.41, 5.74) is -1.46. The summed E-state index contributed by atoms with van der Waals surface area (Å²) in [6.45, 7) is 6.73. The van der Waals surface area contributed by atoms with Crippen LogP contribution in [0, 0.1) is 5.92 Å². The number of fused-ring (bicyclic) bond motifs is 1. The van der Waals surface area contributed by atoms with Crippen molar-refractivity contribution >= 4 is 16.1 Å². The number of piperidine rings is 2. The van der Waals surface area contributed by atoms with E-state index < -0.39 is 27.3 Å². The van der Waals surface area contributed by atoms with Crippen LogP contribution in [0.1, 0.15) is 33.6 Å². The zero-order chi connectivity index (χ0) is 16.8. The molecule has 2 saturated heterocycles. The van der Waals surface area contributed by atoms with Crippen LogP contribution in [0.15, 0.2) is 0 Å². The molecule has 2 fully saturated rings. The van der Waals surface area contributed by atoms with Crippen molar-refractivity contribution in [2.75, 3.05) is 32.4 Å². The van der Waals surface area contributed by atoms with Gasteiger partial charge in [-0.2, -0.15) is 0 Å². The van der Waals surface area contributed by atoms with E-state index in [2.05, 4.69) is 0 Å². The Bertz CT molecular complexity index is 542. The summed E-state index contributed by atoms with van der Waals surface area (Å²) in [7, 11) is -3.28. The standard InChI is InChI=1S/C14H26N2O5S/c1-13(2,3)21-12(17)15-7-5-14(18)6-8-16(22(4,19)20)10-11(14)9-15/h11,18H,5-10H2,1-4H3/t11-,14-/m0/s1. The van der Waals surface area contributed by atoms with E-state index in [-0.39, 0.29) is 12.5 Å². The Kier molecular flexibility index (Phi) is 4.49. The summed E-state index contributed by atoms with van der Waals surface area (Å²) in [5.74, 6) is -0.280. The molecule has 0 spiro atoms. The molecule has 0 unspecified atom stereocenters. The van der Waals surface area contributed by atoms with E-state index in [1.165, 1.54) is 10.6 Å². The molecule has 2 aliphatic heterocycles. The molecule has 0 aromatic carbocycles. The minimum absolute atomic E-state index is 0.245. The summed E-state index contributed by atoms with van der Waals surface area (Å²) in [6, 6.07) is 0. The van der Waals surface area contributed by atoms with Crippen molar-refractivity contribution < 1.29 is 23.1 Å². The second-order valence-electron chi connectivity index (χ2n) is 7.35. The van der Waals surface area contributed by atoms with Crippen molar-refractivity contribution in [2.45, 2.75) is 44.8 Å². The zero-order valence-corrected chi connectivity index (χ0v) is 14.5. The number of sulfonamides is 1. The van der Waals surface area contributed by atoms with Gasteiger partial charge in [0.1, 0.15) is 5.60 Å². The lowest BCUT2D eigenvalue weighted by Gasteiger charge is -2.49. The van der Waals surface area contributed by atoms with Crippen LogP contribution in [0.3, 0.4) is 0 Å². The van der Waals surface area contributed by atoms with E-state index in [4.69, 9.17) is 4.74 Å². The highest BCUT2D eigenvalue weighted by molar-refractivity contribution is 7.88. The largest absolute Gasteiger partial charge is 0.444 e. The number of carbonyl (C=O) groups excluding carboxylic acids is 1. The molecule has 8 heteroatoms. The number of amides is 1. The van der Waals surface area contributed by atoms with Crippen LogP contribution in [0.2, 0.25) is 0 Å². The molecule has 2 atom stereocenters. The highest BCUT2D eigenvalue weighted by atomic mass is 32.2. The molecule has 2 aliphatic rings. The van der Waals surface area contributed by atoms with Crippen LogP contribution < -0.4 is 0 Å². The Labute approximate surface area is 132 Å². The maximum Gasteiger partial charge on any atom is 0.410 e. The molecule has 2 heterocycles. The topological polar surface area (TPSA) is 87.2 Å². The van der Waals surface area contributed by atoms with Gasteiger partial charge in [-0.15, -0.1) is 0 Å². The third-order valence-corrected chi connectivity index (χ3v) is 5.62. The number of rotatable bonds is 1. The fraction of sp³-hybridized carbons (Fsp3) is 0.929. The second-order valence-corrected chi connectivity index (χ2v) is 9.33. The lowest BCUT2D eigenvalue weighted by Crippen LogP contribution is -2.61. The van der Waals surface area contributed by atoms with Gasteiger partial charge in [0.15, 0.2) is 0 Å². The molecule has 0 aromatic rings. The summed E-state index contributed by atoms with van der Waals surface area (Å²) in [5, 5.41) is 10.7. The monoisotopic (exact) mass is 334 g/mol. The fourth-order valence-corrected chi connectivity index (χ4v) is 3.94. The van der Waals surface area contributed by atoms with Crippen molar-refractivity contribution in [2.24, 2.45) is 5.92 Å². The van der Waals surface area contributed by atoms with E-state index in [1.54, 1.807) is 25.7 Å². The van der Waals surface area contributed by atoms with Crippen molar-refractivity contribution in [1.82, 2.24) is 9.21 Å². The van der Waals surface area contributed by atoms with Crippen LogP contribution in [-0.2, 0) is 14.8 Å². The average Bonchev–Trinajstić information content (AvgIpc) is 2.33. The summed E-state index contributed by atoms with van der Waals surface area (Å²) in [4.78, 5) is 13.7. The van der Waals surface area contributed by atoms with Gasteiger partial charge >= 0.3 is 6.09 Å². The SMILES string of the molecule is CC(C)(C)OC(=O)N1CC[C@]2(O)CCN(S(C)(=O)=O)C[C@@H]2C1. The third-order valence-electron chi connectivity index (χ3n) is 4.35. The predicted octanol–water partition coefficient (Wildman–Crippen LogP) is 0.640. The normalized spacial score (nSPS) is 30.8. The lowest BCUT2D eigenvalue weighted by atomic mass is 9.76. The van der Waals surface area contributed by atoms with E-state index in [0.29, 0.717) is 32.5 Å². The highest BCUT2D eigenvalue weighted by Crippen LogP contribution is 2.36. The lowest BCUT2D eigenvalue weighted by molar-refractivity contribution is -0.101. The molecule has 2 rings (SSSR count). The first-order chi connectivity index (χ1) is 9.91. The fourth-order valence-electron chi connectivity index (χ4n) is 3.07. The maximum atomic E-state index is 12.2. The van der Waals surface area contributed by atoms with Gasteiger partial charge in [-0.25, -0.2) is 17.5 Å². The van der Waals surface area contributed by atoms with Gasteiger partial charge in [-0.3, -0.25) is 0 Å². The molecular formula is C14H26N2O5S. The van der Waals surface area contributed by atoms with Gasteiger partial charge in [0, 0.05) is 32.1 Å². The van der Waals surface area contributed by atoms with Crippen molar-refractivity contribution in [3.63, 3.8) is 0 Å². The van der Waals surface area contributed by atoms with E-state index in [1.807, 2.05) is 0 Å². The first kappa shape index (κ1) is 17.5. The number of nitrogens with zero attached hydrogens (tertiary/aromatic N) is 2. The van der Waals surface area contributed by atoms with Crippen LogP contribution in [0.5, 0.6) is 0 Å². The molecular weight excluding hydrogens is 308 g/mol. The van der Waals surface area contributed by atoms with Gasteiger partial charge in [0.2, 0.25) is 10.0 Å². The van der Waals surface area contributed by atoms with E-state index in [9.17, 15) is 18.3 Å². The molecule has 0 bridgehead atoms. The van der Waals surface area contributed by atoms with Crippen molar-refractivity contribution in [3.05, 3.63) is 0 Å². The third kappa shape index (κ3) is 3.91. The molecule has 1 N–H and O–H groups in total. The first-order valence-corrected chi connectivity index (χ1v) is 9.41. The average molecular weight is 334 g/mol.